The van der Waals surface area contributed by atoms with E-state index in [1.165, 1.54) is 87.9 Å². The predicted octanol–water partition coefficient (Wildman–Crippen LogP) is 16.6. The zero-order valence-electron chi connectivity index (χ0n) is 35.6. The van der Waals surface area contributed by atoms with Gasteiger partial charge in [0.2, 0.25) is 0 Å². The molecule has 0 radical (unpaired) electrons. The Morgan fingerprint density at radius 3 is 1.71 bits per heavy atom. The van der Waals surface area contributed by atoms with E-state index in [1.807, 2.05) is 0 Å². The topological polar surface area (TPSA) is 8.17 Å². The van der Waals surface area contributed by atoms with Crippen LogP contribution in [0.2, 0.25) is 0 Å². The van der Waals surface area contributed by atoms with Gasteiger partial charge in [-0.15, -0.1) is 0 Å². The molecule has 1 aliphatic rings. The predicted molar refractivity (Wildman–Crippen MR) is 273 cm³/mol. The molecule has 11 aromatic carbocycles. The molecule has 12 aromatic rings. The third kappa shape index (κ3) is 5.67. The van der Waals surface area contributed by atoms with E-state index in [2.05, 4.69) is 264 Å². The fourth-order valence-electron chi connectivity index (χ4n) is 11.0. The first kappa shape index (κ1) is 37.1. The molecule has 2 heteroatoms. The van der Waals surface area contributed by atoms with Crippen LogP contribution in [0.15, 0.2) is 255 Å². The van der Waals surface area contributed by atoms with Crippen molar-refractivity contribution in [3.8, 4) is 27.9 Å². The molecular formula is C63H42N2. The first-order chi connectivity index (χ1) is 32.3. The van der Waals surface area contributed by atoms with Gasteiger partial charge in [-0.2, -0.15) is 0 Å². The summed E-state index contributed by atoms with van der Waals surface area (Å²) < 4.78 is 2.38. The lowest BCUT2D eigenvalue weighted by Crippen LogP contribution is -2.28. The molecule has 65 heavy (non-hydrogen) atoms. The Morgan fingerprint density at radius 2 is 0.923 bits per heavy atom. The molecule has 0 saturated carbocycles. The normalized spacial score (nSPS) is 12.7. The molecule has 1 heterocycles. The van der Waals surface area contributed by atoms with Gasteiger partial charge in [0.25, 0.3) is 0 Å². The Bertz CT molecular complexity index is 3720. The van der Waals surface area contributed by atoms with Crippen LogP contribution in [0.5, 0.6) is 0 Å². The van der Waals surface area contributed by atoms with E-state index < -0.39 is 5.41 Å². The number of rotatable bonds is 7. The van der Waals surface area contributed by atoms with Crippen molar-refractivity contribution in [3.63, 3.8) is 0 Å². The number of hydrogen-bond donors (Lipinski definition) is 0. The van der Waals surface area contributed by atoms with Crippen LogP contribution in [0.1, 0.15) is 22.3 Å². The monoisotopic (exact) mass is 826 g/mol. The van der Waals surface area contributed by atoms with Gasteiger partial charge in [-0.1, -0.05) is 194 Å². The Morgan fingerprint density at radius 1 is 0.338 bits per heavy atom. The van der Waals surface area contributed by atoms with E-state index >= 15 is 0 Å². The summed E-state index contributed by atoms with van der Waals surface area (Å²) in [7, 11) is 0. The largest absolute Gasteiger partial charge is 0.310 e. The van der Waals surface area contributed by atoms with Crippen LogP contribution in [-0.2, 0) is 5.41 Å². The Hall–Kier alpha value is -8.46. The lowest BCUT2D eigenvalue weighted by atomic mass is 9.67. The molecule has 0 fully saturated rings. The molecule has 0 atom stereocenters. The maximum atomic E-state index is 2.49. The molecule has 1 aliphatic carbocycles. The van der Waals surface area contributed by atoms with Crippen LogP contribution in [0.3, 0.4) is 0 Å². The summed E-state index contributed by atoms with van der Waals surface area (Å²) in [6, 6.07) is 93.9. The number of nitrogens with zero attached hydrogens (tertiary/aromatic N) is 2. The number of anilines is 3. The number of hydrogen-bond acceptors (Lipinski definition) is 1. The number of benzene rings is 11. The maximum absolute atomic E-state index is 2.49. The van der Waals surface area contributed by atoms with Crippen LogP contribution >= 0.6 is 0 Å². The number of para-hydroxylation sites is 2. The first-order valence-electron chi connectivity index (χ1n) is 22.5. The summed E-state index contributed by atoms with van der Waals surface area (Å²) >= 11 is 0. The van der Waals surface area contributed by atoms with Crippen molar-refractivity contribution in [2.75, 3.05) is 4.90 Å². The number of aromatic nitrogens is 1. The van der Waals surface area contributed by atoms with Crippen molar-refractivity contribution >= 4 is 60.4 Å². The van der Waals surface area contributed by atoms with Gasteiger partial charge < -0.3 is 9.47 Å². The third-order valence-electron chi connectivity index (χ3n) is 13.8. The maximum Gasteiger partial charge on any atom is 0.0714 e. The first-order valence-corrected chi connectivity index (χ1v) is 22.5. The second kappa shape index (κ2) is 14.8. The molecular weight excluding hydrogens is 785 g/mol. The van der Waals surface area contributed by atoms with Crippen LogP contribution < -0.4 is 4.90 Å². The zero-order valence-corrected chi connectivity index (χ0v) is 35.6. The lowest BCUT2D eigenvalue weighted by molar-refractivity contribution is 0.768. The minimum Gasteiger partial charge on any atom is -0.310 e. The molecule has 1 aromatic heterocycles. The molecule has 0 unspecified atom stereocenters. The highest BCUT2D eigenvalue weighted by molar-refractivity contribution is 6.15. The average molecular weight is 827 g/mol. The molecule has 13 rings (SSSR count). The van der Waals surface area contributed by atoms with Crippen LogP contribution in [-0.4, -0.2) is 4.57 Å². The van der Waals surface area contributed by atoms with Crippen LogP contribution in [0.25, 0.3) is 71.3 Å². The molecule has 0 aliphatic heterocycles. The summed E-state index contributed by atoms with van der Waals surface area (Å²) in [5.74, 6) is 0. The van der Waals surface area contributed by atoms with Crippen molar-refractivity contribution in [3.05, 3.63) is 277 Å². The van der Waals surface area contributed by atoms with Gasteiger partial charge in [-0.3, -0.25) is 0 Å². The summed E-state index contributed by atoms with van der Waals surface area (Å²) in [4.78, 5) is 2.49. The van der Waals surface area contributed by atoms with E-state index in [-0.39, 0.29) is 0 Å². The van der Waals surface area contributed by atoms with Crippen molar-refractivity contribution in [1.29, 1.82) is 0 Å². The highest BCUT2D eigenvalue weighted by Gasteiger charge is 2.46. The summed E-state index contributed by atoms with van der Waals surface area (Å²) in [6.07, 6.45) is 0. The Kier molecular flexibility index (Phi) is 8.47. The lowest BCUT2D eigenvalue weighted by Gasteiger charge is -2.35. The van der Waals surface area contributed by atoms with Crippen molar-refractivity contribution in [2.24, 2.45) is 0 Å². The smallest absolute Gasteiger partial charge is 0.0714 e. The molecule has 2 nitrogen and oxygen atoms in total. The Labute approximate surface area is 378 Å². The molecule has 0 N–H and O–H groups in total. The fraction of sp³-hybridized carbons (Fsp3) is 0.0159. The highest BCUT2D eigenvalue weighted by atomic mass is 15.1. The van der Waals surface area contributed by atoms with Crippen LogP contribution in [0.4, 0.5) is 17.1 Å². The van der Waals surface area contributed by atoms with Crippen molar-refractivity contribution < 1.29 is 0 Å². The van der Waals surface area contributed by atoms with E-state index in [0.717, 1.165) is 22.7 Å². The fourth-order valence-corrected chi connectivity index (χ4v) is 11.0. The number of fused-ring (bicyclic) bond motifs is 9. The zero-order chi connectivity index (χ0) is 42.9. The minimum absolute atomic E-state index is 0.520. The van der Waals surface area contributed by atoms with E-state index in [0.29, 0.717) is 0 Å². The standard InChI is InChI=1S/C63H42N2/c1-4-19-47(20-5-1)63(48-21-6-2-7-22-48)57-28-14-12-26-53(57)54-39-38-51(42-58(54)63)64(61-30-16-18-45-32-31-44-17-10-11-25-52(44)62(45)61)50-36-33-43(34-37-50)46-35-40-60-56(41-46)55-27-13-15-29-59(55)65(60)49-23-8-3-9-24-49/h1-42H. The molecule has 0 bridgehead atoms. The molecule has 0 saturated heterocycles. The third-order valence-corrected chi connectivity index (χ3v) is 13.8. The van der Waals surface area contributed by atoms with Gasteiger partial charge in [0.1, 0.15) is 0 Å². The average Bonchev–Trinajstić information content (AvgIpc) is 3.87. The van der Waals surface area contributed by atoms with Gasteiger partial charge in [-0.25, -0.2) is 0 Å². The SMILES string of the molecule is c1ccc(-n2c3ccccc3c3cc(-c4ccc(N(c5ccc6c(c5)C(c5ccccc5)(c5ccccc5)c5ccccc5-6)c5cccc6ccc7ccccc7c56)cc4)ccc32)cc1. The van der Waals surface area contributed by atoms with E-state index in [1.54, 1.807) is 0 Å². The summed E-state index contributed by atoms with van der Waals surface area (Å²) in [5, 5.41) is 7.40. The van der Waals surface area contributed by atoms with E-state index in [9.17, 15) is 0 Å². The quantitative estimate of drug-likeness (QED) is 0.145. The van der Waals surface area contributed by atoms with Crippen molar-refractivity contribution in [2.45, 2.75) is 5.41 Å². The second-order valence-electron chi connectivity index (χ2n) is 17.2. The van der Waals surface area contributed by atoms with Crippen LogP contribution in [0, 0.1) is 0 Å². The van der Waals surface area contributed by atoms with Gasteiger partial charge >= 0.3 is 0 Å². The molecule has 304 valence electrons. The van der Waals surface area contributed by atoms with Crippen molar-refractivity contribution in [1.82, 2.24) is 4.57 Å². The minimum atomic E-state index is -0.520. The summed E-state index contributed by atoms with van der Waals surface area (Å²) in [5.41, 5.74) is 16.4. The highest BCUT2D eigenvalue weighted by Crippen LogP contribution is 2.57. The molecule has 0 amide bonds. The summed E-state index contributed by atoms with van der Waals surface area (Å²) in [6.45, 7) is 0. The van der Waals surface area contributed by atoms with Gasteiger partial charge in [0.15, 0.2) is 0 Å². The van der Waals surface area contributed by atoms with Gasteiger partial charge in [-0.05, 0) is 121 Å². The van der Waals surface area contributed by atoms with E-state index in [4.69, 9.17) is 0 Å². The van der Waals surface area contributed by atoms with Gasteiger partial charge in [0.05, 0.1) is 22.1 Å². The Balaban J connectivity index is 1.02. The second-order valence-corrected chi connectivity index (χ2v) is 17.2. The van der Waals surface area contributed by atoms with Gasteiger partial charge in [0, 0.05) is 33.2 Å². The molecule has 0 spiro atoms.